The number of carboxylic acids is 2. The van der Waals surface area contributed by atoms with Crippen LogP contribution in [0.2, 0.25) is 5.02 Å². The number of hydrogen-bond donors (Lipinski definition) is 2. The molecule has 0 amide bonds. The molecule has 0 unspecified atom stereocenters. The van der Waals surface area contributed by atoms with E-state index in [1.54, 1.807) is 0 Å². The van der Waals surface area contributed by atoms with Gasteiger partial charge >= 0.3 is 11.9 Å². The zero-order chi connectivity index (χ0) is 22.5. The molecule has 3 heterocycles. The maximum absolute atomic E-state index is 9.64. The minimum atomic E-state index is -1.08. The second-order valence-electron chi connectivity index (χ2n) is 7.41. The number of fused-ring (bicyclic) bond motifs is 2. The first-order chi connectivity index (χ1) is 14.8. The Kier molecular flexibility index (Phi) is 7.19. The number of rotatable bonds is 3. The lowest BCUT2D eigenvalue weighted by Gasteiger charge is -2.34. The van der Waals surface area contributed by atoms with Crippen molar-refractivity contribution in [2.75, 3.05) is 45.3 Å². The summed E-state index contributed by atoms with van der Waals surface area (Å²) in [5.41, 5.74) is 3.08. The number of aromatic nitrogens is 1. The second kappa shape index (κ2) is 9.84. The summed E-state index contributed by atoms with van der Waals surface area (Å²) in [7, 11) is 4.22. The monoisotopic (exact) mass is 447 g/mol. The molecule has 0 bridgehead atoms. The topological polar surface area (TPSA) is 102 Å². The number of likely N-dealkylation sites (N-methyl/N-ethyl adjacent to an activating group) is 1. The van der Waals surface area contributed by atoms with E-state index in [1.807, 2.05) is 18.2 Å². The molecule has 9 nitrogen and oxygen atoms in total. The van der Waals surface area contributed by atoms with Gasteiger partial charge in [-0.05, 0) is 37.4 Å². The molecule has 166 valence electrons. The van der Waals surface area contributed by atoms with Gasteiger partial charge in [-0.1, -0.05) is 11.6 Å². The van der Waals surface area contributed by atoms with Gasteiger partial charge in [0, 0.05) is 44.4 Å². The van der Waals surface area contributed by atoms with Crippen LogP contribution in [-0.2, 0) is 9.59 Å². The van der Waals surface area contributed by atoms with Gasteiger partial charge in [0.05, 0.1) is 24.2 Å². The Balaban J connectivity index is 0.000000293. The molecule has 0 saturated carbocycles. The summed E-state index contributed by atoms with van der Waals surface area (Å²) in [5.74, 6) is -1.13. The number of amidine groups is 1. The Labute approximate surface area is 185 Å². The molecule has 2 aromatic rings. The van der Waals surface area contributed by atoms with Crippen LogP contribution in [0, 0.1) is 0 Å². The van der Waals surface area contributed by atoms with E-state index in [9.17, 15) is 9.59 Å². The van der Waals surface area contributed by atoms with Crippen LogP contribution >= 0.6 is 11.6 Å². The molecule has 2 aliphatic heterocycles. The van der Waals surface area contributed by atoms with Crippen molar-refractivity contribution in [3.63, 3.8) is 0 Å². The third-order valence-corrected chi connectivity index (χ3v) is 5.38. The van der Waals surface area contributed by atoms with Crippen molar-refractivity contribution in [1.82, 2.24) is 14.5 Å². The van der Waals surface area contributed by atoms with Crippen molar-refractivity contribution in [3.05, 3.63) is 47.2 Å². The van der Waals surface area contributed by atoms with Gasteiger partial charge in [-0.3, -0.25) is 19.3 Å². The van der Waals surface area contributed by atoms with E-state index in [4.69, 9.17) is 26.8 Å². The van der Waals surface area contributed by atoms with E-state index in [0.29, 0.717) is 5.02 Å². The summed E-state index contributed by atoms with van der Waals surface area (Å²) in [6.45, 7) is 4.08. The van der Waals surface area contributed by atoms with Crippen LogP contribution in [-0.4, -0.2) is 82.7 Å². The standard InChI is InChI=1S/C17H20ClN5.C4H6O4/c1-20-8-10-22(11-9-20)17-16-4-3-7-23(16)21(2)15-6-5-13(18)12-14(15)19-17;5-3(6)1-2-4(7)8/h3-7,12H,8-11H2,1-2H3;1-2H2,(H,5,6)(H,7,8). The Morgan fingerprint density at radius 3 is 2.29 bits per heavy atom. The average molecular weight is 448 g/mol. The molecule has 31 heavy (non-hydrogen) atoms. The first kappa shape index (κ1) is 22.6. The Morgan fingerprint density at radius 2 is 1.68 bits per heavy atom. The highest BCUT2D eigenvalue weighted by Crippen LogP contribution is 2.35. The molecule has 2 N–H and O–H groups in total. The largest absolute Gasteiger partial charge is 0.481 e. The maximum Gasteiger partial charge on any atom is 0.303 e. The molecule has 4 rings (SSSR count). The Hall–Kier alpha value is -3.04. The second-order valence-corrected chi connectivity index (χ2v) is 7.84. The fourth-order valence-corrected chi connectivity index (χ4v) is 3.59. The molecule has 0 atom stereocenters. The lowest BCUT2D eigenvalue weighted by Crippen LogP contribution is -2.48. The Morgan fingerprint density at radius 1 is 1.03 bits per heavy atom. The van der Waals surface area contributed by atoms with Crippen molar-refractivity contribution in [2.24, 2.45) is 4.99 Å². The van der Waals surface area contributed by atoms with Gasteiger partial charge < -0.3 is 20.0 Å². The first-order valence-corrected chi connectivity index (χ1v) is 10.3. The molecule has 0 aliphatic carbocycles. The molecule has 0 radical (unpaired) electrons. The van der Waals surface area contributed by atoms with Gasteiger partial charge in [0.1, 0.15) is 5.69 Å². The molecular formula is C21H26ClN5O4. The van der Waals surface area contributed by atoms with E-state index in [2.05, 4.69) is 51.9 Å². The predicted molar refractivity (Wildman–Crippen MR) is 119 cm³/mol. The molecule has 1 fully saturated rings. The van der Waals surface area contributed by atoms with Crippen LogP contribution in [0.3, 0.4) is 0 Å². The van der Waals surface area contributed by atoms with E-state index in [-0.39, 0.29) is 12.8 Å². The minimum Gasteiger partial charge on any atom is -0.481 e. The smallest absolute Gasteiger partial charge is 0.303 e. The fourth-order valence-electron chi connectivity index (χ4n) is 3.42. The van der Waals surface area contributed by atoms with Crippen LogP contribution in [0.1, 0.15) is 18.5 Å². The normalized spacial score (nSPS) is 15.8. The van der Waals surface area contributed by atoms with Gasteiger partial charge in [0.25, 0.3) is 0 Å². The predicted octanol–water partition coefficient (Wildman–Crippen LogP) is 2.62. The van der Waals surface area contributed by atoms with Crippen molar-refractivity contribution in [1.29, 1.82) is 0 Å². The highest BCUT2D eigenvalue weighted by atomic mass is 35.5. The zero-order valence-electron chi connectivity index (χ0n) is 17.5. The molecule has 1 aromatic carbocycles. The van der Waals surface area contributed by atoms with Gasteiger partial charge in [-0.15, -0.1) is 0 Å². The SMILES string of the molecule is CN1CCN(C2=Nc3cc(Cl)ccc3N(C)n3cccc32)CC1.O=C(O)CCC(=O)O. The summed E-state index contributed by atoms with van der Waals surface area (Å²) in [5, 5.41) is 18.6. The average Bonchev–Trinajstić information content (AvgIpc) is 3.17. The van der Waals surface area contributed by atoms with Gasteiger partial charge in [0.15, 0.2) is 5.84 Å². The van der Waals surface area contributed by atoms with Gasteiger partial charge in [-0.2, -0.15) is 0 Å². The molecular weight excluding hydrogens is 422 g/mol. The summed E-state index contributed by atoms with van der Waals surface area (Å²) < 4.78 is 2.15. The van der Waals surface area contributed by atoms with Crippen LogP contribution in [0.15, 0.2) is 41.5 Å². The van der Waals surface area contributed by atoms with Crippen molar-refractivity contribution in [2.45, 2.75) is 12.8 Å². The minimum absolute atomic E-state index is 0.296. The van der Waals surface area contributed by atoms with Gasteiger partial charge in [-0.25, -0.2) is 4.99 Å². The van der Waals surface area contributed by atoms with Crippen LogP contribution in [0.25, 0.3) is 0 Å². The number of carbonyl (C=O) groups is 2. The quantitative estimate of drug-likeness (QED) is 0.745. The fraction of sp³-hybridized carbons (Fsp3) is 0.381. The summed E-state index contributed by atoms with van der Waals surface area (Å²) in [6, 6.07) is 10.1. The number of piperazine rings is 1. The highest BCUT2D eigenvalue weighted by Gasteiger charge is 2.25. The number of halogens is 1. The van der Waals surface area contributed by atoms with Crippen molar-refractivity contribution < 1.29 is 19.8 Å². The number of anilines is 1. The third kappa shape index (κ3) is 5.56. The molecule has 1 saturated heterocycles. The maximum atomic E-state index is 9.64. The summed E-state index contributed by atoms with van der Waals surface area (Å²) >= 11 is 6.20. The highest BCUT2D eigenvalue weighted by molar-refractivity contribution is 6.31. The van der Waals surface area contributed by atoms with E-state index >= 15 is 0 Å². The third-order valence-electron chi connectivity index (χ3n) is 5.15. The van der Waals surface area contributed by atoms with E-state index in [1.165, 1.54) is 0 Å². The van der Waals surface area contributed by atoms with Crippen molar-refractivity contribution >= 4 is 40.7 Å². The van der Waals surface area contributed by atoms with Crippen LogP contribution in [0.4, 0.5) is 11.4 Å². The van der Waals surface area contributed by atoms with E-state index in [0.717, 1.165) is 49.1 Å². The van der Waals surface area contributed by atoms with Crippen LogP contribution in [0.5, 0.6) is 0 Å². The zero-order valence-corrected chi connectivity index (χ0v) is 18.3. The van der Waals surface area contributed by atoms with Crippen LogP contribution < -0.4 is 5.01 Å². The summed E-state index contributed by atoms with van der Waals surface area (Å²) in [4.78, 5) is 29.0. The lowest BCUT2D eigenvalue weighted by molar-refractivity contribution is -0.143. The number of carboxylic acid groups (broad SMARTS) is 2. The molecule has 1 aromatic heterocycles. The summed E-state index contributed by atoms with van der Waals surface area (Å²) in [6.07, 6.45) is 1.48. The number of aliphatic imine (C=N–C) groups is 1. The molecule has 2 aliphatic rings. The molecule has 10 heteroatoms. The Bertz CT molecular complexity index is 968. The van der Waals surface area contributed by atoms with Crippen molar-refractivity contribution in [3.8, 4) is 0 Å². The number of aliphatic carboxylic acids is 2. The number of nitrogens with zero attached hydrogens (tertiary/aromatic N) is 5. The van der Waals surface area contributed by atoms with E-state index < -0.39 is 11.9 Å². The first-order valence-electron chi connectivity index (χ1n) is 9.93. The lowest BCUT2D eigenvalue weighted by atomic mass is 10.2. The molecule has 0 spiro atoms. The van der Waals surface area contributed by atoms with Gasteiger partial charge in [0.2, 0.25) is 0 Å². The number of hydrogen-bond acceptors (Lipinski definition) is 6. The number of benzene rings is 1.